The van der Waals surface area contributed by atoms with Gasteiger partial charge in [0, 0.05) is 29.9 Å². The molecule has 2 aromatic heterocycles. The monoisotopic (exact) mass is 366 g/mol. The largest absolute Gasteiger partial charge is 0.419 e. The maximum absolute atomic E-state index is 14.4. The van der Waals surface area contributed by atoms with Gasteiger partial charge in [-0.25, -0.2) is 14.2 Å². The van der Waals surface area contributed by atoms with Gasteiger partial charge in [-0.2, -0.15) is 13.2 Å². The molecule has 1 aliphatic rings. The summed E-state index contributed by atoms with van der Waals surface area (Å²) in [5, 5.41) is 3.18. The number of hydrogen-bond acceptors (Lipinski definition) is 3. The molecule has 2 N–H and O–H groups in total. The van der Waals surface area contributed by atoms with Crippen LogP contribution in [0.1, 0.15) is 12.0 Å². The van der Waals surface area contributed by atoms with Crippen molar-refractivity contribution in [3.63, 3.8) is 0 Å². The predicted molar refractivity (Wildman–Crippen MR) is 87.2 cm³/mol. The number of hydrogen-bond donors (Lipinski definition) is 2. The lowest BCUT2D eigenvalue weighted by Crippen LogP contribution is -2.46. The van der Waals surface area contributed by atoms with E-state index < -0.39 is 17.6 Å². The van der Waals surface area contributed by atoms with E-state index in [2.05, 4.69) is 15.3 Å². The van der Waals surface area contributed by atoms with Crippen LogP contribution in [0.25, 0.3) is 22.3 Å². The van der Waals surface area contributed by atoms with Crippen LogP contribution in [0.15, 0.2) is 35.3 Å². The van der Waals surface area contributed by atoms with Crippen LogP contribution in [0.2, 0.25) is 0 Å². The topological polar surface area (TPSA) is 62.7 Å². The number of pyridine rings is 1. The minimum absolute atomic E-state index is 0.153. The highest BCUT2D eigenvalue weighted by Gasteiger charge is 2.35. The van der Waals surface area contributed by atoms with Crippen molar-refractivity contribution < 1.29 is 17.6 Å². The van der Waals surface area contributed by atoms with Crippen LogP contribution in [0.5, 0.6) is 0 Å². The number of benzene rings is 1. The third-order valence-corrected chi connectivity index (χ3v) is 4.57. The molecule has 1 aliphatic heterocycles. The molecule has 0 aliphatic carbocycles. The zero-order valence-electron chi connectivity index (χ0n) is 13.4. The Morgan fingerprint density at radius 2 is 2.08 bits per heavy atom. The Morgan fingerprint density at radius 1 is 1.31 bits per heavy atom. The fourth-order valence-electron chi connectivity index (χ4n) is 3.06. The number of aromatic amines is 1. The third-order valence-electron chi connectivity index (χ3n) is 4.57. The van der Waals surface area contributed by atoms with E-state index in [1.54, 1.807) is 0 Å². The second kappa shape index (κ2) is 5.94. The van der Waals surface area contributed by atoms with Crippen molar-refractivity contribution in [3.8, 4) is 11.1 Å². The van der Waals surface area contributed by atoms with Gasteiger partial charge in [-0.15, -0.1) is 0 Å². The Kier molecular flexibility index (Phi) is 3.83. The standard InChI is InChI=1S/C17H14F4N4O/c18-14-11(2-1-3-12(14)17(19,20)21)9-6-13-15(23-7-9)24-16(26)25(13)8-10-4-5-22-10/h1-3,6-7,10,22H,4-5,8H2,(H,23,24,26)/t10-/m1/s1. The first-order valence-corrected chi connectivity index (χ1v) is 8.02. The lowest BCUT2D eigenvalue weighted by atomic mass is 10.0. The molecule has 3 heterocycles. The number of aromatic nitrogens is 3. The summed E-state index contributed by atoms with van der Waals surface area (Å²) in [6, 6.07) is 4.74. The molecular weight excluding hydrogens is 352 g/mol. The van der Waals surface area contributed by atoms with Crippen molar-refractivity contribution in [2.75, 3.05) is 6.54 Å². The molecule has 0 saturated carbocycles. The Labute approximate surface area is 144 Å². The average molecular weight is 366 g/mol. The summed E-state index contributed by atoms with van der Waals surface area (Å²) < 4.78 is 54.7. The Bertz CT molecular complexity index is 1030. The van der Waals surface area contributed by atoms with Gasteiger partial charge in [0.15, 0.2) is 5.65 Å². The zero-order chi connectivity index (χ0) is 18.5. The maximum atomic E-state index is 14.4. The minimum atomic E-state index is -4.79. The number of rotatable bonds is 3. The Morgan fingerprint density at radius 3 is 2.73 bits per heavy atom. The molecule has 0 radical (unpaired) electrons. The quantitative estimate of drug-likeness (QED) is 0.701. The van der Waals surface area contributed by atoms with Crippen LogP contribution in [-0.2, 0) is 12.7 Å². The molecule has 26 heavy (non-hydrogen) atoms. The van der Waals surface area contributed by atoms with Gasteiger partial charge in [0.2, 0.25) is 0 Å². The number of alkyl halides is 3. The van der Waals surface area contributed by atoms with E-state index >= 15 is 0 Å². The van der Waals surface area contributed by atoms with E-state index in [0.29, 0.717) is 23.8 Å². The van der Waals surface area contributed by atoms with Gasteiger partial charge in [-0.05, 0) is 25.1 Å². The second-order valence-electron chi connectivity index (χ2n) is 6.24. The molecule has 136 valence electrons. The molecule has 1 fully saturated rings. The number of nitrogens with one attached hydrogen (secondary N) is 2. The minimum Gasteiger partial charge on any atom is -0.312 e. The Balaban J connectivity index is 1.83. The first-order valence-electron chi connectivity index (χ1n) is 8.02. The van der Waals surface area contributed by atoms with Crippen LogP contribution in [-0.4, -0.2) is 27.1 Å². The molecule has 1 saturated heterocycles. The molecule has 5 nitrogen and oxygen atoms in total. The summed E-state index contributed by atoms with van der Waals surface area (Å²) in [4.78, 5) is 18.8. The predicted octanol–water partition coefficient (Wildman–Crippen LogP) is 2.91. The van der Waals surface area contributed by atoms with E-state index in [9.17, 15) is 22.4 Å². The fraction of sp³-hybridized carbons (Fsp3) is 0.294. The highest BCUT2D eigenvalue weighted by molar-refractivity contribution is 5.78. The summed E-state index contributed by atoms with van der Waals surface area (Å²) in [6.07, 6.45) is -2.61. The second-order valence-corrected chi connectivity index (χ2v) is 6.24. The molecular formula is C17H14F4N4O. The number of nitrogens with zero attached hydrogens (tertiary/aromatic N) is 2. The lowest BCUT2D eigenvalue weighted by molar-refractivity contribution is -0.139. The van der Waals surface area contributed by atoms with Crippen LogP contribution in [0.4, 0.5) is 17.6 Å². The van der Waals surface area contributed by atoms with Crippen molar-refractivity contribution in [1.29, 1.82) is 0 Å². The van der Waals surface area contributed by atoms with Crippen molar-refractivity contribution >= 4 is 11.2 Å². The Hall–Kier alpha value is -2.68. The van der Waals surface area contributed by atoms with Gasteiger partial charge in [0.1, 0.15) is 5.82 Å². The van der Waals surface area contributed by atoms with Crippen molar-refractivity contribution in [2.24, 2.45) is 0 Å². The van der Waals surface area contributed by atoms with Gasteiger partial charge in [-0.1, -0.05) is 12.1 Å². The van der Waals surface area contributed by atoms with Gasteiger partial charge < -0.3 is 5.32 Å². The van der Waals surface area contributed by atoms with E-state index in [1.165, 1.54) is 22.9 Å². The number of fused-ring (bicyclic) bond motifs is 1. The number of halogens is 4. The van der Waals surface area contributed by atoms with Crippen molar-refractivity contribution in [2.45, 2.75) is 25.2 Å². The summed E-state index contributed by atoms with van der Waals surface area (Å²) in [7, 11) is 0. The molecule has 3 aromatic rings. The highest BCUT2D eigenvalue weighted by Crippen LogP contribution is 2.35. The molecule has 9 heteroatoms. The number of imidazole rings is 1. The first kappa shape index (κ1) is 16.8. The van der Waals surface area contributed by atoms with Crippen LogP contribution in [0, 0.1) is 5.82 Å². The van der Waals surface area contributed by atoms with E-state index in [1.807, 2.05) is 0 Å². The van der Waals surface area contributed by atoms with Crippen LogP contribution >= 0.6 is 0 Å². The van der Waals surface area contributed by atoms with E-state index in [4.69, 9.17) is 0 Å². The van der Waals surface area contributed by atoms with Crippen molar-refractivity contribution in [3.05, 3.63) is 52.3 Å². The van der Waals surface area contributed by atoms with Crippen molar-refractivity contribution in [1.82, 2.24) is 19.9 Å². The van der Waals surface area contributed by atoms with Gasteiger partial charge in [0.05, 0.1) is 11.1 Å². The summed E-state index contributed by atoms with van der Waals surface area (Å²) in [6.45, 7) is 1.29. The lowest BCUT2D eigenvalue weighted by Gasteiger charge is -2.27. The molecule has 4 rings (SSSR count). The van der Waals surface area contributed by atoms with Gasteiger partial charge >= 0.3 is 11.9 Å². The molecule has 1 atom stereocenters. The molecule has 0 unspecified atom stereocenters. The SMILES string of the molecule is O=c1[nH]c2ncc(-c3cccc(C(F)(F)F)c3F)cc2n1C[C@H]1CCN1. The summed E-state index contributed by atoms with van der Waals surface area (Å²) in [5.74, 6) is -1.36. The van der Waals surface area contributed by atoms with Crippen LogP contribution < -0.4 is 11.0 Å². The smallest absolute Gasteiger partial charge is 0.312 e. The number of H-pyrrole nitrogens is 1. The molecule has 0 amide bonds. The summed E-state index contributed by atoms with van der Waals surface area (Å²) in [5.41, 5.74) is -0.988. The normalized spacial score (nSPS) is 17.5. The first-order chi connectivity index (χ1) is 12.3. The van der Waals surface area contributed by atoms with Gasteiger partial charge in [-0.3, -0.25) is 9.55 Å². The van der Waals surface area contributed by atoms with Crippen LogP contribution in [0.3, 0.4) is 0 Å². The third kappa shape index (κ3) is 2.78. The fourth-order valence-corrected chi connectivity index (χ4v) is 3.06. The van der Waals surface area contributed by atoms with E-state index in [-0.39, 0.29) is 22.9 Å². The summed E-state index contributed by atoms with van der Waals surface area (Å²) >= 11 is 0. The van der Waals surface area contributed by atoms with E-state index in [0.717, 1.165) is 19.0 Å². The molecule has 0 spiro atoms. The average Bonchev–Trinajstić information content (AvgIpc) is 2.84. The molecule has 1 aromatic carbocycles. The molecule has 0 bridgehead atoms. The zero-order valence-corrected chi connectivity index (χ0v) is 13.4. The highest BCUT2D eigenvalue weighted by atomic mass is 19.4. The maximum Gasteiger partial charge on any atom is 0.419 e. The van der Waals surface area contributed by atoms with Gasteiger partial charge in [0.25, 0.3) is 0 Å².